The SMILES string of the molecule is CCC1CCCCC1Nc1ccc(C)cn1. The zero-order chi connectivity index (χ0) is 11.4. The minimum atomic E-state index is 0.633. The Kier molecular flexibility index (Phi) is 3.81. The van der Waals surface area contributed by atoms with Crippen molar-refractivity contribution >= 4 is 5.82 Å². The minimum absolute atomic E-state index is 0.633. The summed E-state index contributed by atoms with van der Waals surface area (Å²) in [5.74, 6) is 1.87. The Morgan fingerprint density at radius 2 is 2.12 bits per heavy atom. The Balaban J connectivity index is 1.99. The first kappa shape index (κ1) is 11.4. The van der Waals surface area contributed by atoms with Gasteiger partial charge in [-0.1, -0.05) is 32.3 Å². The molecule has 0 amide bonds. The number of aryl methyl sites for hydroxylation is 1. The second kappa shape index (κ2) is 5.33. The molecule has 0 spiro atoms. The molecule has 1 saturated carbocycles. The third-order valence-electron chi connectivity index (χ3n) is 3.68. The summed E-state index contributed by atoms with van der Waals surface area (Å²) < 4.78 is 0. The molecule has 0 bridgehead atoms. The summed E-state index contributed by atoms with van der Waals surface area (Å²) in [6.45, 7) is 4.37. The molecule has 2 atom stereocenters. The summed E-state index contributed by atoms with van der Waals surface area (Å²) in [5, 5.41) is 3.60. The molecular formula is C14H22N2. The van der Waals surface area contributed by atoms with E-state index in [0.29, 0.717) is 6.04 Å². The second-order valence-electron chi connectivity index (χ2n) is 4.92. The standard InChI is InChI=1S/C14H22N2/c1-3-12-6-4-5-7-13(12)16-14-9-8-11(2)10-15-14/h8-10,12-13H,3-7H2,1-2H3,(H,15,16). The van der Waals surface area contributed by atoms with Gasteiger partial charge in [0.25, 0.3) is 0 Å². The molecule has 2 heteroatoms. The van der Waals surface area contributed by atoms with E-state index in [9.17, 15) is 0 Å². The highest BCUT2D eigenvalue weighted by molar-refractivity contribution is 5.36. The van der Waals surface area contributed by atoms with Gasteiger partial charge in [-0.15, -0.1) is 0 Å². The number of hydrogen-bond donors (Lipinski definition) is 1. The summed E-state index contributed by atoms with van der Waals surface area (Å²) in [7, 11) is 0. The van der Waals surface area contributed by atoms with Crippen LogP contribution in [0.2, 0.25) is 0 Å². The van der Waals surface area contributed by atoms with Crippen LogP contribution in [0.15, 0.2) is 18.3 Å². The summed E-state index contributed by atoms with van der Waals surface area (Å²) in [6.07, 6.45) is 8.65. The average molecular weight is 218 g/mol. The van der Waals surface area contributed by atoms with E-state index in [-0.39, 0.29) is 0 Å². The third kappa shape index (κ3) is 2.75. The van der Waals surface area contributed by atoms with E-state index < -0.39 is 0 Å². The van der Waals surface area contributed by atoms with Gasteiger partial charge in [0.1, 0.15) is 5.82 Å². The number of pyridine rings is 1. The molecule has 1 fully saturated rings. The molecule has 1 aromatic heterocycles. The van der Waals surface area contributed by atoms with Crippen molar-refractivity contribution in [2.75, 3.05) is 5.32 Å². The van der Waals surface area contributed by atoms with Crippen molar-refractivity contribution in [1.29, 1.82) is 0 Å². The second-order valence-corrected chi connectivity index (χ2v) is 4.92. The van der Waals surface area contributed by atoms with Crippen LogP contribution in [0.25, 0.3) is 0 Å². The third-order valence-corrected chi connectivity index (χ3v) is 3.68. The predicted molar refractivity (Wildman–Crippen MR) is 68.6 cm³/mol. The maximum absolute atomic E-state index is 4.43. The van der Waals surface area contributed by atoms with Gasteiger partial charge in [-0.3, -0.25) is 0 Å². The molecule has 2 unspecified atom stereocenters. The van der Waals surface area contributed by atoms with Gasteiger partial charge in [-0.2, -0.15) is 0 Å². The summed E-state index contributed by atoms with van der Waals surface area (Å²) in [4.78, 5) is 4.43. The number of nitrogens with zero attached hydrogens (tertiary/aromatic N) is 1. The highest BCUT2D eigenvalue weighted by atomic mass is 15.0. The van der Waals surface area contributed by atoms with Crippen LogP contribution in [0, 0.1) is 12.8 Å². The lowest BCUT2D eigenvalue weighted by molar-refractivity contribution is 0.317. The maximum atomic E-state index is 4.43. The maximum Gasteiger partial charge on any atom is 0.126 e. The number of anilines is 1. The topological polar surface area (TPSA) is 24.9 Å². The molecule has 0 aromatic carbocycles. The Labute approximate surface area is 98.5 Å². The van der Waals surface area contributed by atoms with Crippen LogP contribution >= 0.6 is 0 Å². The van der Waals surface area contributed by atoms with Crippen molar-refractivity contribution in [1.82, 2.24) is 4.98 Å². The molecule has 0 aliphatic heterocycles. The average Bonchev–Trinajstić information content (AvgIpc) is 2.33. The molecule has 0 saturated heterocycles. The van der Waals surface area contributed by atoms with E-state index in [1.807, 2.05) is 6.20 Å². The van der Waals surface area contributed by atoms with E-state index in [2.05, 4.69) is 36.3 Å². The lowest BCUT2D eigenvalue weighted by Gasteiger charge is -2.31. The van der Waals surface area contributed by atoms with Crippen molar-refractivity contribution in [3.8, 4) is 0 Å². The van der Waals surface area contributed by atoms with E-state index in [4.69, 9.17) is 0 Å². The Morgan fingerprint density at radius 1 is 1.31 bits per heavy atom. The zero-order valence-corrected chi connectivity index (χ0v) is 10.4. The fourth-order valence-corrected chi connectivity index (χ4v) is 2.63. The molecule has 1 aromatic rings. The van der Waals surface area contributed by atoms with Crippen LogP contribution in [-0.4, -0.2) is 11.0 Å². The van der Waals surface area contributed by atoms with Gasteiger partial charge >= 0.3 is 0 Å². The zero-order valence-electron chi connectivity index (χ0n) is 10.4. The quantitative estimate of drug-likeness (QED) is 0.835. The van der Waals surface area contributed by atoms with Crippen LogP contribution < -0.4 is 5.32 Å². The number of hydrogen-bond acceptors (Lipinski definition) is 2. The summed E-state index contributed by atoms with van der Waals surface area (Å²) >= 11 is 0. The molecule has 1 heterocycles. The van der Waals surface area contributed by atoms with Gasteiger partial charge < -0.3 is 5.32 Å². The molecule has 2 rings (SSSR count). The van der Waals surface area contributed by atoms with Crippen LogP contribution in [0.5, 0.6) is 0 Å². The van der Waals surface area contributed by atoms with Crippen molar-refractivity contribution in [2.24, 2.45) is 5.92 Å². The predicted octanol–water partition coefficient (Wildman–Crippen LogP) is 3.77. The number of nitrogens with one attached hydrogen (secondary N) is 1. The van der Waals surface area contributed by atoms with Crippen molar-refractivity contribution in [3.05, 3.63) is 23.9 Å². The smallest absolute Gasteiger partial charge is 0.126 e. The molecule has 88 valence electrons. The lowest BCUT2D eigenvalue weighted by Crippen LogP contribution is -2.32. The van der Waals surface area contributed by atoms with Crippen LogP contribution in [0.1, 0.15) is 44.6 Å². The first-order chi connectivity index (χ1) is 7.79. The number of rotatable bonds is 3. The lowest BCUT2D eigenvalue weighted by atomic mass is 9.83. The van der Waals surface area contributed by atoms with E-state index in [1.54, 1.807) is 0 Å². The van der Waals surface area contributed by atoms with Crippen molar-refractivity contribution in [2.45, 2.75) is 52.0 Å². The highest BCUT2D eigenvalue weighted by Gasteiger charge is 2.23. The van der Waals surface area contributed by atoms with Gasteiger partial charge in [-0.05, 0) is 37.3 Å². The normalized spacial score (nSPS) is 25.4. The molecule has 1 N–H and O–H groups in total. The van der Waals surface area contributed by atoms with Crippen molar-refractivity contribution in [3.63, 3.8) is 0 Å². The molecule has 2 nitrogen and oxygen atoms in total. The van der Waals surface area contributed by atoms with Gasteiger partial charge in [0.15, 0.2) is 0 Å². The largest absolute Gasteiger partial charge is 0.367 e. The Morgan fingerprint density at radius 3 is 2.81 bits per heavy atom. The first-order valence-corrected chi connectivity index (χ1v) is 6.49. The highest BCUT2D eigenvalue weighted by Crippen LogP contribution is 2.28. The summed E-state index contributed by atoms with van der Waals surface area (Å²) in [6, 6.07) is 4.85. The summed E-state index contributed by atoms with van der Waals surface area (Å²) in [5.41, 5.74) is 1.22. The van der Waals surface area contributed by atoms with Gasteiger partial charge in [0, 0.05) is 12.2 Å². The van der Waals surface area contributed by atoms with Crippen LogP contribution in [0.3, 0.4) is 0 Å². The number of aromatic nitrogens is 1. The van der Waals surface area contributed by atoms with Crippen LogP contribution in [0.4, 0.5) is 5.82 Å². The van der Waals surface area contributed by atoms with Gasteiger partial charge in [0.2, 0.25) is 0 Å². The van der Waals surface area contributed by atoms with E-state index in [0.717, 1.165) is 11.7 Å². The molecule has 16 heavy (non-hydrogen) atoms. The Bertz CT molecular complexity index is 318. The molecular weight excluding hydrogens is 196 g/mol. The fourth-order valence-electron chi connectivity index (χ4n) is 2.63. The van der Waals surface area contributed by atoms with Crippen LogP contribution in [-0.2, 0) is 0 Å². The van der Waals surface area contributed by atoms with E-state index >= 15 is 0 Å². The first-order valence-electron chi connectivity index (χ1n) is 6.49. The monoisotopic (exact) mass is 218 g/mol. The van der Waals surface area contributed by atoms with Gasteiger partial charge in [0.05, 0.1) is 0 Å². The molecule has 0 radical (unpaired) electrons. The fraction of sp³-hybridized carbons (Fsp3) is 0.643. The molecule has 1 aliphatic carbocycles. The van der Waals surface area contributed by atoms with Gasteiger partial charge in [-0.25, -0.2) is 4.98 Å². The molecule has 1 aliphatic rings. The van der Waals surface area contributed by atoms with E-state index in [1.165, 1.54) is 37.7 Å². The van der Waals surface area contributed by atoms with Crippen molar-refractivity contribution < 1.29 is 0 Å². The minimum Gasteiger partial charge on any atom is -0.367 e. The Hall–Kier alpha value is -1.05.